The van der Waals surface area contributed by atoms with Crippen LogP contribution in [0.25, 0.3) is 0 Å². The number of hydrogen-bond donors (Lipinski definition) is 2. The molecule has 2 rings (SSSR count). The molecular weight excluding hydrogens is 268 g/mol. The maximum absolute atomic E-state index is 8.94. The Balaban J connectivity index is 1.64. The molecule has 0 saturated heterocycles. The molecule has 0 aliphatic heterocycles. The van der Waals surface area contributed by atoms with Crippen molar-refractivity contribution < 1.29 is 19.7 Å². The van der Waals surface area contributed by atoms with E-state index in [0.717, 1.165) is 29.0 Å². The summed E-state index contributed by atoms with van der Waals surface area (Å²) >= 11 is 0. The molecule has 0 amide bonds. The zero-order valence-corrected chi connectivity index (χ0v) is 11.9. The lowest BCUT2D eigenvalue weighted by Gasteiger charge is -2.08. The molecule has 0 fully saturated rings. The number of rotatable bonds is 8. The smallest absolute Gasteiger partial charge is 0.119 e. The average molecular weight is 288 g/mol. The van der Waals surface area contributed by atoms with Gasteiger partial charge in [-0.25, -0.2) is 0 Å². The predicted molar refractivity (Wildman–Crippen MR) is 80.3 cm³/mol. The molecule has 4 nitrogen and oxygen atoms in total. The Morgan fingerprint density at radius 1 is 0.619 bits per heavy atom. The van der Waals surface area contributed by atoms with E-state index >= 15 is 0 Å². The summed E-state index contributed by atoms with van der Waals surface area (Å²) in [6.07, 6.45) is 0.781. The van der Waals surface area contributed by atoms with Crippen molar-refractivity contribution in [1.82, 2.24) is 0 Å². The molecule has 21 heavy (non-hydrogen) atoms. The van der Waals surface area contributed by atoms with Gasteiger partial charge in [-0.3, -0.25) is 0 Å². The Hall–Kier alpha value is -2.04. The lowest BCUT2D eigenvalue weighted by molar-refractivity contribution is 0.247. The first-order chi connectivity index (χ1) is 10.3. The van der Waals surface area contributed by atoms with Crippen molar-refractivity contribution in [3.63, 3.8) is 0 Å². The van der Waals surface area contributed by atoms with Crippen molar-refractivity contribution >= 4 is 0 Å². The third kappa shape index (κ3) is 5.10. The van der Waals surface area contributed by atoms with Gasteiger partial charge < -0.3 is 19.7 Å². The van der Waals surface area contributed by atoms with Crippen LogP contribution in [0.15, 0.2) is 48.5 Å². The molecule has 0 radical (unpaired) electrons. The molecule has 0 spiro atoms. The lowest BCUT2D eigenvalue weighted by Crippen LogP contribution is -2.05. The fourth-order valence-corrected chi connectivity index (χ4v) is 1.82. The summed E-state index contributed by atoms with van der Waals surface area (Å²) in [5.74, 6) is 1.58. The fraction of sp³-hybridized carbons (Fsp3) is 0.294. The standard InChI is InChI=1S/C17H20O4/c18-12-14-2-6-16(7-3-14)20-10-1-11-21-17-8-4-15(13-19)5-9-17/h2-9,18-19H,1,10-13H2. The molecule has 2 N–H and O–H groups in total. The van der Waals surface area contributed by atoms with Crippen molar-refractivity contribution in [1.29, 1.82) is 0 Å². The van der Waals surface area contributed by atoms with E-state index in [1.165, 1.54) is 0 Å². The van der Waals surface area contributed by atoms with Crippen LogP contribution >= 0.6 is 0 Å². The molecule has 0 heterocycles. The second-order valence-electron chi connectivity index (χ2n) is 4.65. The minimum absolute atomic E-state index is 0.0448. The molecule has 2 aromatic carbocycles. The molecule has 0 bridgehead atoms. The highest BCUT2D eigenvalue weighted by atomic mass is 16.5. The maximum Gasteiger partial charge on any atom is 0.119 e. The molecule has 4 heteroatoms. The van der Waals surface area contributed by atoms with Crippen LogP contribution in [0.2, 0.25) is 0 Å². The van der Waals surface area contributed by atoms with Gasteiger partial charge in [-0.2, -0.15) is 0 Å². The second kappa shape index (κ2) is 8.29. The predicted octanol–water partition coefficient (Wildman–Crippen LogP) is 2.52. The minimum atomic E-state index is 0.0448. The summed E-state index contributed by atoms with van der Waals surface area (Å²) in [7, 11) is 0. The van der Waals surface area contributed by atoms with Gasteiger partial charge in [0, 0.05) is 6.42 Å². The van der Waals surface area contributed by atoms with E-state index in [1.807, 2.05) is 48.5 Å². The zero-order valence-electron chi connectivity index (χ0n) is 11.9. The molecule has 0 atom stereocenters. The largest absolute Gasteiger partial charge is 0.493 e. The summed E-state index contributed by atoms with van der Waals surface area (Å²) in [5.41, 5.74) is 1.74. The van der Waals surface area contributed by atoms with Crippen LogP contribution in [-0.2, 0) is 13.2 Å². The molecule has 2 aromatic rings. The number of ether oxygens (including phenoxy) is 2. The summed E-state index contributed by atoms with van der Waals surface area (Å²) in [6, 6.07) is 14.8. The van der Waals surface area contributed by atoms with E-state index in [4.69, 9.17) is 19.7 Å². The van der Waals surface area contributed by atoms with Crippen molar-refractivity contribution in [3.05, 3.63) is 59.7 Å². The molecule has 0 unspecified atom stereocenters. The van der Waals surface area contributed by atoms with Gasteiger partial charge in [0.15, 0.2) is 0 Å². The number of hydrogen-bond acceptors (Lipinski definition) is 4. The van der Waals surface area contributed by atoms with Crippen molar-refractivity contribution in [2.75, 3.05) is 13.2 Å². The van der Waals surface area contributed by atoms with E-state index in [-0.39, 0.29) is 13.2 Å². The van der Waals surface area contributed by atoms with E-state index in [0.29, 0.717) is 13.2 Å². The molecular formula is C17H20O4. The molecule has 0 aliphatic carbocycles. The Bertz CT molecular complexity index is 470. The fourth-order valence-electron chi connectivity index (χ4n) is 1.82. The van der Waals surface area contributed by atoms with Gasteiger partial charge in [0.25, 0.3) is 0 Å². The quantitative estimate of drug-likeness (QED) is 0.733. The Morgan fingerprint density at radius 2 is 1.00 bits per heavy atom. The van der Waals surface area contributed by atoms with Crippen LogP contribution in [0, 0.1) is 0 Å². The number of benzene rings is 2. The van der Waals surface area contributed by atoms with Crippen LogP contribution in [0.3, 0.4) is 0 Å². The third-order valence-corrected chi connectivity index (χ3v) is 3.04. The summed E-state index contributed by atoms with van der Waals surface area (Å²) in [6.45, 7) is 1.24. The van der Waals surface area contributed by atoms with Crippen LogP contribution in [0.5, 0.6) is 11.5 Å². The van der Waals surface area contributed by atoms with Gasteiger partial charge in [-0.1, -0.05) is 24.3 Å². The normalized spacial score (nSPS) is 10.4. The second-order valence-corrected chi connectivity index (χ2v) is 4.65. The zero-order chi connectivity index (χ0) is 14.9. The lowest BCUT2D eigenvalue weighted by atomic mass is 10.2. The van der Waals surface area contributed by atoms with E-state index in [1.54, 1.807) is 0 Å². The topological polar surface area (TPSA) is 58.9 Å². The molecule has 0 aromatic heterocycles. The number of aliphatic hydroxyl groups is 2. The highest BCUT2D eigenvalue weighted by molar-refractivity contribution is 5.27. The highest BCUT2D eigenvalue weighted by Gasteiger charge is 1.97. The SMILES string of the molecule is OCc1ccc(OCCCOc2ccc(CO)cc2)cc1. The van der Waals surface area contributed by atoms with Gasteiger partial charge >= 0.3 is 0 Å². The number of aliphatic hydroxyl groups excluding tert-OH is 2. The van der Waals surface area contributed by atoms with Gasteiger partial charge in [0.05, 0.1) is 26.4 Å². The summed E-state index contributed by atoms with van der Waals surface area (Å²) in [5, 5.41) is 17.9. The van der Waals surface area contributed by atoms with Crippen LogP contribution < -0.4 is 9.47 Å². The van der Waals surface area contributed by atoms with E-state index in [9.17, 15) is 0 Å². The maximum atomic E-state index is 8.94. The van der Waals surface area contributed by atoms with E-state index < -0.39 is 0 Å². The van der Waals surface area contributed by atoms with Crippen molar-refractivity contribution in [2.24, 2.45) is 0 Å². The first kappa shape index (κ1) is 15.4. The van der Waals surface area contributed by atoms with Crippen molar-refractivity contribution in [3.8, 4) is 11.5 Å². The van der Waals surface area contributed by atoms with E-state index in [2.05, 4.69) is 0 Å². The first-order valence-corrected chi connectivity index (χ1v) is 6.97. The Labute approximate surface area is 124 Å². The average Bonchev–Trinajstić information content (AvgIpc) is 2.55. The first-order valence-electron chi connectivity index (χ1n) is 6.97. The van der Waals surface area contributed by atoms with Gasteiger partial charge in [0.2, 0.25) is 0 Å². The minimum Gasteiger partial charge on any atom is -0.493 e. The Morgan fingerprint density at radius 3 is 1.33 bits per heavy atom. The summed E-state index contributed by atoms with van der Waals surface area (Å²) in [4.78, 5) is 0. The molecule has 0 aliphatic rings. The highest BCUT2D eigenvalue weighted by Crippen LogP contribution is 2.14. The monoisotopic (exact) mass is 288 g/mol. The van der Waals surface area contributed by atoms with Gasteiger partial charge in [0.1, 0.15) is 11.5 Å². The summed E-state index contributed by atoms with van der Waals surface area (Å²) < 4.78 is 11.2. The van der Waals surface area contributed by atoms with Crippen LogP contribution in [0.4, 0.5) is 0 Å². The van der Waals surface area contributed by atoms with Crippen LogP contribution in [-0.4, -0.2) is 23.4 Å². The molecule has 0 saturated carbocycles. The van der Waals surface area contributed by atoms with Crippen LogP contribution in [0.1, 0.15) is 17.5 Å². The van der Waals surface area contributed by atoms with Gasteiger partial charge in [-0.15, -0.1) is 0 Å². The molecule has 112 valence electrons. The van der Waals surface area contributed by atoms with Crippen molar-refractivity contribution in [2.45, 2.75) is 19.6 Å². The van der Waals surface area contributed by atoms with Gasteiger partial charge in [-0.05, 0) is 35.4 Å². The Kier molecular flexibility index (Phi) is 6.06. The third-order valence-electron chi connectivity index (χ3n) is 3.04.